The fraction of sp³-hybridized carbons (Fsp3) is 0.130. The van der Waals surface area contributed by atoms with E-state index >= 15 is 0 Å². The van der Waals surface area contributed by atoms with Crippen LogP contribution in [0.2, 0.25) is 0 Å². The molecule has 0 unspecified atom stereocenters. The van der Waals surface area contributed by atoms with Gasteiger partial charge in [-0.3, -0.25) is 4.79 Å². The molecule has 1 heterocycles. The molecule has 28 heavy (non-hydrogen) atoms. The van der Waals surface area contributed by atoms with Crippen molar-refractivity contribution in [2.24, 2.45) is 0 Å². The van der Waals surface area contributed by atoms with E-state index in [9.17, 15) is 4.79 Å². The Kier molecular flexibility index (Phi) is 5.64. The lowest BCUT2D eigenvalue weighted by atomic mass is 10.1. The first-order valence-corrected chi connectivity index (χ1v) is 9.99. The van der Waals surface area contributed by atoms with Gasteiger partial charge in [-0.1, -0.05) is 60.7 Å². The number of aromatic nitrogens is 1. The van der Waals surface area contributed by atoms with Crippen molar-refractivity contribution in [3.63, 3.8) is 0 Å². The van der Waals surface area contributed by atoms with Crippen molar-refractivity contribution < 1.29 is 9.53 Å². The van der Waals surface area contributed by atoms with Crippen LogP contribution in [-0.2, 0) is 11.3 Å². The number of hydrogen-bond donors (Lipinski definition) is 1. The molecule has 0 aliphatic heterocycles. The van der Waals surface area contributed by atoms with Crippen LogP contribution in [0.4, 0.5) is 0 Å². The van der Waals surface area contributed by atoms with Gasteiger partial charge in [0.2, 0.25) is 5.91 Å². The second kappa shape index (κ2) is 8.67. The molecular weight excluding hydrogens is 368 g/mol. The number of carbonyl (C=O) groups is 1. The van der Waals surface area contributed by atoms with E-state index in [0.29, 0.717) is 19.6 Å². The van der Waals surface area contributed by atoms with Crippen molar-refractivity contribution in [3.05, 3.63) is 83.9 Å². The number of benzene rings is 3. The van der Waals surface area contributed by atoms with Crippen LogP contribution in [0.15, 0.2) is 78.9 Å². The second-order valence-corrected chi connectivity index (χ2v) is 7.43. The fourth-order valence-corrected chi connectivity index (χ4v) is 3.87. The lowest BCUT2D eigenvalue weighted by Gasteiger charge is -2.11. The predicted molar refractivity (Wildman–Crippen MR) is 113 cm³/mol. The average molecular weight is 388 g/mol. The van der Waals surface area contributed by atoms with Crippen molar-refractivity contribution in [3.8, 4) is 16.9 Å². The van der Waals surface area contributed by atoms with Crippen molar-refractivity contribution >= 4 is 27.5 Å². The van der Waals surface area contributed by atoms with Crippen LogP contribution >= 0.6 is 11.3 Å². The summed E-state index contributed by atoms with van der Waals surface area (Å²) in [5.74, 6) is 0.740. The average Bonchev–Trinajstić information content (AvgIpc) is 3.16. The van der Waals surface area contributed by atoms with Gasteiger partial charge in [0, 0.05) is 5.56 Å². The van der Waals surface area contributed by atoms with Crippen LogP contribution in [0.3, 0.4) is 0 Å². The maximum atomic E-state index is 12.2. The number of ether oxygens (including phenoxy) is 1. The standard InChI is InChI=1S/C23H20N2O2S/c26-22(24-16-23-25-19-11-5-7-13-21(19)28-23)14-15-27-20-12-6-4-10-18(20)17-8-2-1-3-9-17/h1-13H,14-16H2,(H,24,26). The van der Waals surface area contributed by atoms with Gasteiger partial charge >= 0.3 is 0 Å². The molecule has 3 aromatic carbocycles. The number of thiazole rings is 1. The molecule has 140 valence electrons. The van der Waals surface area contributed by atoms with Crippen molar-refractivity contribution in [2.45, 2.75) is 13.0 Å². The molecule has 0 fully saturated rings. The van der Waals surface area contributed by atoms with E-state index in [-0.39, 0.29) is 5.91 Å². The molecular formula is C23H20N2O2S. The van der Waals surface area contributed by atoms with Crippen molar-refractivity contribution in [1.82, 2.24) is 10.3 Å². The first-order valence-electron chi connectivity index (χ1n) is 9.18. The molecule has 1 amide bonds. The molecule has 0 radical (unpaired) electrons. The van der Waals surface area contributed by atoms with Crippen LogP contribution in [0.5, 0.6) is 5.75 Å². The van der Waals surface area contributed by atoms with Gasteiger partial charge in [0.25, 0.3) is 0 Å². The summed E-state index contributed by atoms with van der Waals surface area (Å²) >= 11 is 1.60. The third-order valence-electron chi connectivity index (χ3n) is 4.33. The van der Waals surface area contributed by atoms with Crippen molar-refractivity contribution in [1.29, 1.82) is 0 Å². The molecule has 0 saturated heterocycles. The Morgan fingerprint density at radius 3 is 2.54 bits per heavy atom. The first-order chi connectivity index (χ1) is 13.8. The number of nitrogens with zero attached hydrogens (tertiary/aromatic N) is 1. The summed E-state index contributed by atoms with van der Waals surface area (Å²) in [4.78, 5) is 16.7. The molecule has 0 aliphatic rings. The quantitative estimate of drug-likeness (QED) is 0.482. The monoisotopic (exact) mass is 388 g/mol. The molecule has 1 aromatic heterocycles. The maximum Gasteiger partial charge on any atom is 0.223 e. The molecule has 0 saturated carbocycles. The molecule has 4 nitrogen and oxygen atoms in total. The Balaban J connectivity index is 1.30. The highest BCUT2D eigenvalue weighted by Gasteiger charge is 2.08. The summed E-state index contributed by atoms with van der Waals surface area (Å²) in [5, 5.41) is 3.83. The number of rotatable bonds is 7. The summed E-state index contributed by atoms with van der Waals surface area (Å²) in [6.45, 7) is 0.772. The highest BCUT2D eigenvalue weighted by molar-refractivity contribution is 7.18. The third kappa shape index (κ3) is 4.38. The molecule has 5 heteroatoms. The number of hydrogen-bond acceptors (Lipinski definition) is 4. The van der Waals surface area contributed by atoms with Gasteiger partial charge in [-0.2, -0.15) is 0 Å². The van der Waals surface area contributed by atoms with Crippen LogP contribution in [0.25, 0.3) is 21.3 Å². The summed E-state index contributed by atoms with van der Waals surface area (Å²) in [6.07, 6.45) is 0.300. The number of para-hydroxylation sites is 2. The second-order valence-electron chi connectivity index (χ2n) is 6.31. The normalized spacial score (nSPS) is 10.7. The van der Waals surface area contributed by atoms with Crippen LogP contribution in [0, 0.1) is 0 Å². The zero-order valence-corrected chi connectivity index (χ0v) is 16.1. The zero-order chi connectivity index (χ0) is 19.2. The Morgan fingerprint density at radius 1 is 0.929 bits per heavy atom. The van der Waals surface area contributed by atoms with Gasteiger partial charge in [0.1, 0.15) is 10.8 Å². The van der Waals surface area contributed by atoms with E-state index in [1.54, 1.807) is 11.3 Å². The Hall–Kier alpha value is -3.18. The smallest absolute Gasteiger partial charge is 0.223 e. The molecule has 0 atom stereocenters. The van der Waals surface area contributed by atoms with Gasteiger partial charge < -0.3 is 10.1 Å². The predicted octanol–water partition coefficient (Wildman–Crippen LogP) is 5.05. The van der Waals surface area contributed by atoms with E-state index in [1.165, 1.54) is 0 Å². The lowest BCUT2D eigenvalue weighted by molar-refractivity contribution is -0.121. The van der Waals surface area contributed by atoms with E-state index in [2.05, 4.69) is 10.3 Å². The van der Waals surface area contributed by atoms with Gasteiger partial charge in [-0.15, -0.1) is 11.3 Å². The number of nitrogens with one attached hydrogen (secondary N) is 1. The Morgan fingerprint density at radius 2 is 1.68 bits per heavy atom. The SMILES string of the molecule is O=C(CCOc1ccccc1-c1ccccc1)NCc1nc2ccccc2s1. The zero-order valence-electron chi connectivity index (χ0n) is 15.3. The summed E-state index contributed by atoms with van der Waals surface area (Å²) in [7, 11) is 0. The summed E-state index contributed by atoms with van der Waals surface area (Å²) in [6, 6.07) is 26.0. The van der Waals surface area contributed by atoms with Gasteiger partial charge in [-0.05, 0) is 23.8 Å². The van der Waals surface area contributed by atoms with Crippen LogP contribution in [-0.4, -0.2) is 17.5 Å². The third-order valence-corrected chi connectivity index (χ3v) is 5.37. The fourth-order valence-electron chi connectivity index (χ4n) is 2.96. The molecule has 0 aliphatic carbocycles. The van der Waals surface area contributed by atoms with Crippen LogP contribution < -0.4 is 10.1 Å². The molecule has 1 N–H and O–H groups in total. The van der Waals surface area contributed by atoms with Crippen molar-refractivity contribution in [2.75, 3.05) is 6.61 Å². The summed E-state index contributed by atoms with van der Waals surface area (Å²) < 4.78 is 7.02. The molecule has 0 spiro atoms. The van der Waals surface area contributed by atoms with E-state index in [1.807, 2.05) is 78.9 Å². The highest BCUT2D eigenvalue weighted by atomic mass is 32.1. The Labute approximate surface area is 167 Å². The van der Waals surface area contributed by atoms with E-state index in [0.717, 1.165) is 32.1 Å². The highest BCUT2D eigenvalue weighted by Crippen LogP contribution is 2.29. The maximum absolute atomic E-state index is 12.2. The van der Waals surface area contributed by atoms with Crippen LogP contribution in [0.1, 0.15) is 11.4 Å². The molecule has 4 aromatic rings. The van der Waals surface area contributed by atoms with Gasteiger partial charge in [-0.25, -0.2) is 4.98 Å². The molecule has 4 rings (SSSR count). The summed E-state index contributed by atoms with van der Waals surface area (Å²) in [5.41, 5.74) is 3.09. The topological polar surface area (TPSA) is 51.2 Å². The van der Waals surface area contributed by atoms with Gasteiger partial charge in [0.05, 0.1) is 29.8 Å². The minimum atomic E-state index is -0.0450. The number of amides is 1. The minimum Gasteiger partial charge on any atom is -0.492 e. The first kappa shape index (κ1) is 18.2. The largest absolute Gasteiger partial charge is 0.492 e. The lowest BCUT2D eigenvalue weighted by Crippen LogP contribution is -2.24. The molecule has 0 bridgehead atoms. The number of carbonyl (C=O) groups excluding carboxylic acids is 1. The minimum absolute atomic E-state index is 0.0450. The Bertz CT molecular complexity index is 1040. The number of fused-ring (bicyclic) bond motifs is 1. The van der Waals surface area contributed by atoms with E-state index in [4.69, 9.17) is 4.74 Å². The van der Waals surface area contributed by atoms with Gasteiger partial charge in [0.15, 0.2) is 0 Å². The van der Waals surface area contributed by atoms with E-state index < -0.39 is 0 Å².